The second kappa shape index (κ2) is 8.21. The number of carboxylic acid groups (broad SMARTS) is 1. The lowest BCUT2D eigenvalue weighted by molar-refractivity contribution is -0.141. The molecular formula is C14H15BrN2O4. The molecule has 1 aromatic carbocycles. The van der Waals surface area contributed by atoms with Gasteiger partial charge in [0.05, 0.1) is 0 Å². The number of nitrogens with two attached hydrogens (primary N) is 1. The lowest BCUT2D eigenvalue weighted by Gasteiger charge is -2.11. The van der Waals surface area contributed by atoms with E-state index in [0.29, 0.717) is 0 Å². The van der Waals surface area contributed by atoms with Crippen LogP contribution >= 0.6 is 15.9 Å². The van der Waals surface area contributed by atoms with E-state index in [1.54, 1.807) is 12.1 Å². The second-order valence-electron chi connectivity index (χ2n) is 4.29. The molecule has 1 aromatic rings. The minimum Gasteiger partial charge on any atom is -0.480 e. The average molecular weight is 355 g/mol. The van der Waals surface area contributed by atoms with Crippen molar-refractivity contribution in [3.63, 3.8) is 0 Å². The number of nitrogens with one attached hydrogen (secondary N) is 1. The number of benzene rings is 1. The van der Waals surface area contributed by atoms with E-state index in [2.05, 4.69) is 21.2 Å². The van der Waals surface area contributed by atoms with E-state index in [1.807, 2.05) is 18.2 Å². The summed E-state index contributed by atoms with van der Waals surface area (Å²) in [5, 5.41) is 11.3. The highest BCUT2D eigenvalue weighted by molar-refractivity contribution is 9.10. The molecule has 0 aromatic heterocycles. The van der Waals surface area contributed by atoms with Crippen molar-refractivity contribution in [3.8, 4) is 0 Å². The Labute approximate surface area is 130 Å². The van der Waals surface area contributed by atoms with Gasteiger partial charge in [0.1, 0.15) is 6.04 Å². The standard InChI is InChI=1S/C14H15BrN2O4/c15-10-3-1-2-9(8-10)4-7-13(19)17-11(14(20)21)5-6-12(16)18/h1-4,7-8,11H,5-6H2,(H2,16,18)(H,17,19)(H,20,21)/b7-4+. The summed E-state index contributed by atoms with van der Waals surface area (Å²) in [6.45, 7) is 0. The molecular weight excluding hydrogens is 340 g/mol. The predicted octanol–water partition coefficient (Wildman–Crippen LogP) is 1.30. The Morgan fingerprint density at radius 3 is 2.67 bits per heavy atom. The van der Waals surface area contributed by atoms with E-state index in [4.69, 9.17) is 10.8 Å². The molecule has 1 unspecified atom stereocenters. The largest absolute Gasteiger partial charge is 0.480 e. The Morgan fingerprint density at radius 2 is 2.10 bits per heavy atom. The van der Waals surface area contributed by atoms with Crippen molar-refractivity contribution in [1.82, 2.24) is 5.32 Å². The van der Waals surface area contributed by atoms with E-state index in [1.165, 1.54) is 6.08 Å². The van der Waals surface area contributed by atoms with Gasteiger partial charge in [-0.3, -0.25) is 9.59 Å². The van der Waals surface area contributed by atoms with E-state index >= 15 is 0 Å². The van der Waals surface area contributed by atoms with Crippen molar-refractivity contribution in [3.05, 3.63) is 40.4 Å². The maximum atomic E-state index is 11.7. The van der Waals surface area contributed by atoms with Crippen LogP contribution in [0, 0.1) is 0 Å². The Bertz CT molecular complexity index is 572. The van der Waals surface area contributed by atoms with Crippen LogP contribution in [-0.4, -0.2) is 28.9 Å². The molecule has 0 fully saturated rings. The van der Waals surface area contributed by atoms with E-state index in [-0.39, 0.29) is 12.8 Å². The number of carbonyl (C=O) groups excluding carboxylic acids is 2. The fourth-order valence-electron chi connectivity index (χ4n) is 1.55. The number of carbonyl (C=O) groups is 3. The number of rotatable bonds is 7. The van der Waals surface area contributed by atoms with Gasteiger partial charge < -0.3 is 16.2 Å². The zero-order chi connectivity index (χ0) is 15.8. The fourth-order valence-corrected chi connectivity index (χ4v) is 1.96. The number of carboxylic acids is 1. The summed E-state index contributed by atoms with van der Waals surface area (Å²) in [7, 11) is 0. The smallest absolute Gasteiger partial charge is 0.326 e. The summed E-state index contributed by atoms with van der Waals surface area (Å²) in [6.07, 6.45) is 2.66. The maximum absolute atomic E-state index is 11.7. The number of amides is 2. The number of hydrogen-bond acceptors (Lipinski definition) is 3. The van der Waals surface area contributed by atoms with Crippen LogP contribution in [0.1, 0.15) is 18.4 Å². The van der Waals surface area contributed by atoms with Gasteiger partial charge in [0.15, 0.2) is 0 Å². The Morgan fingerprint density at radius 1 is 1.38 bits per heavy atom. The van der Waals surface area contributed by atoms with Crippen molar-refractivity contribution in [1.29, 1.82) is 0 Å². The highest BCUT2D eigenvalue weighted by Gasteiger charge is 2.19. The topological polar surface area (TPSA) is 109 Å². The molecule has 112 valence electrons. The highest BCUT2D eigenvalue weighted by Crippen LogP contribution is 2.12. The minimum atomic E-state index is -1.21. The van der Waals surface area contributed by atoms with Crippen molar-refractivity contribution >= 4 is 39.8 Å². The molecule has 1 rings (SSSR count). The summed E-state index contributed by atoms with van der Waals surface area (Å²) in [5.41, 5.74) is 5.75. The predicted molar refractivity (Wildman–Crippen MR) is 81.2 cm³/mol. The first-order chi connectivity index (χ1) is 9.88. The SMILES string of the molecule is NC(=O)CCC(NC(=O)/C=C/c1cccc(Br)c1)C(=O)O. The number of halogens is 1. The van der Waals surface area contributed by atoms with Crippen molar-refractivity contribution in [2.45, 2.75) is 18.9 Å². The number of hydrogen-bond donors (Lipinski definition) is 3. The summed E-state index contributed by atoms with van der Waals surface area (Å²) in [6, 6.07) is 6.13. The number of primary amides is 1. The van der Waals surface area contributed by atoms with E-state index in [0.717, 1.165) is 10.0 Å². The lowest BCUT2D eigenvalue weighted by Crippen LogP contribution is -2.40. The summed E-state index contributed by atoms with van der Waals surface area (Å²) in [5.74, 6) is -2.37. The van der Waals surface area contributed by atoms with Crippen LogP contribution < -0.4 is 11.1 Å². The lowest BCUT2D eigenvalue weighted by atomic mass is 10.1. The van der Waals surface area contributed by atoms with Crippen LogP contribution in [0.5, 0.6) is 0 Å². The molecule has 2 amide bonds. The van der Waals surface area contributed by atoms with Crippen LogP contribution in [0.25, 0.3) is 6.08 Å². The zero-order valence-corrected chi connectivity index (χ0v) is 12.7. The van der Waals surface area contributed by atoms with Crippen LogP contribution in [0.2, 0.25) is 0 Å². The summed E-state index contributed by atoms with van der Waals surface area (Å²) < 4.78 is 0.870. The third kappa shape index (κ3) is 6.71. The molecule has 7 heteroatoms. The molecule has 4 N–H and O–H groups in total. The summed E-state index contributed by atoms with van der Waals surface area (Å²) in [4.78, 5) is 33.3. The van der Waals surface area contributed by atoms with Gasteiger partial charge in [0, 0.05) is 17.0 Å². The Kier molecular flexibility index (Phi) is 6.61. The van der Waals surface area contributed by atoms with Gasteiger partial charge in [-0.05, 0) is 30.2 Å². The third-order valence-electron chi connectivity index (χ3n) is 2.57. The van der Waals surface area contributed by atoms with E-state index < -0.39 is 23.8 Å². The summed E-state index contributed by atoms with van der Waals surface area (Å²) >= 11 is 3.31. The molecule has 21 heavy (non-hydrogen) atoms. The average Bonchev–Trinajstić information content (AvgIpc) is 2.40. The monoisotopic (exact) mass is 354 g/mol. The van der Waals surface area contributed by atoms with E-state index in [9.17, 15) is 14.4 Å². The van der Waals surface area contributed by atoms with Crippen molar-refractivity contribution in [2.24, 2.45) is 5.73 Å². The molecule has 1 atom stereocenters. The normalized spacial score (nSPS) is 12.0. The zero-order valence-electron chi connectivity index (χ0n) is 11.1. The first-order valence-corrected chi connectivity index (χ1v) is 6.93. The van der Waals surface area contributed by atoms with Gasteiger partial charge in [-0.1, -0.05) is 28.1 Å². The maximum Gasteiger partial charge on any atom is 0.326 e. The van der Waals surface area contributed by atoms with Gasteiger partial charge >= 0.3 is 5.97 Å². The molecule has 6 nitrogen and oxygen atoms in total. The van der Waals surface area contributed by atoms with Gasteiger partial charge in [0.2, 0.25) is 11.8 Å². The van der Waals surface area contributed by atoms with Crippen LogP contribution in [0.15, 0.2) is 34.8 Å². The van der Waals surface area contributed by atoms with Gasteiger partial charge in [-0.15, -0.1) is 0 Å². The molecule has 0 heterocycles. The quantitative estimate of drug-likeness (QED) is 0.641. The molecule has 0 bridgehead atoms. The molecule has 0 saturated carbocycles. The molecule has 0 spiro atoms. The van der Waals surface area contributed by atoms with Crippen LogP contribution in [0.4, 0.5) is 0 Å². The van der Waals surface area contributed by atoms with Gasteiger partial charge in [0.25, 0.3) is 0 Å². The fraction of sp³-hybridized carbons (Fsp3) is 0.214. The molecule has 0 aliphatic carbocycles. The Hall–Kier alpha value is -2.15. The van der Waals surface area contributed by atoms with Gasteiger partial charge in [-0.2, -0.15) is 0 Å². The first-order valence-electron chi connectivity index (χ1n) is 6.13. The number of aliphatic carboxylic acids is 1. The van der Waals surface area contributed by atoms with Crippen molar-refractivity contribution < 1.29 is 19.5 Å². The highest BCUT2D eigenvalue weighted by atomic mass is 79.9. The second-order valence-corrected chi connectivity index (χ2v) is 5.21. The minimum absolute atomic E-state index is 0.0405. The van der Waals surface area contributed by atoms with Crippen LogP contribution in [0.3, 0.4) is 0 Å². The van der Waals surface area contributed by atoms with Gasteiger partial charge in [-0.25, -0.2) is 4.79 Å². The molecule has 0 radical (unpaired) electrons. The third-order valence-corrected chi connectivity index (χ3v) is 3.06. The van der Waals surface area contributed by atoms with Crippen molar-refractivity contribution in [2.75, 3.05) is 0 Å². The Balaban J connectivity index is 2.61. The molecule has 0 aliphatic rings. The molecule has 0 saturated heterocycles. The molecule has 0 aliphatic heterocycles. The first kappa shape index (κ1) is 16.9. The van der Waals surface area contributed by atoms with Crippen LogP contribution in [-0.2, 0) is 14.4 Å².